The van der Waals surface area contributed by atoms with Gasteiger partial charge in [-0.2, -0.15) is 0 Å². The number of hydrogen-bond acceptors (Lipinski definition) is 5. The summed E-state index contributed by atoms with van der Waals surface area (Å²) in [7, 11) is 0. The lowest BCUT2D eigenvalue weighted by atomic mass is 10.1. The van der Waals surface area contributed by atoms with Gasteiger partial charge < -0.3 is 15.2 Å². The molecule has 0 radical (unpaired) electrons. The van der Waals surface area contributed by atoms with Gasteiger partial charge in [0.2, 0.25) is 0 Å². The zero-order chi connectivity index (χ0) is 20.2. The van der Waals surface area contributed by atoms with Gasteiger partial charge in [-0.05, 0) is 31.3 Å². The minimum absolute atomic E-state index is 0.521. The van der Waals surface area contributed by atoms with Gasteiger partial charge in [-0.3, -0.25) is 4.79 Å². The molecule has 0 aliphatic carbocycles. The average molecular weight is 387 g/mol. The summed E-state index contributed by atoms with van der Waals surface area (Å²) in [6.07, 6.45) is 0.875. The fraction of sp³-hybridized carbons (Fsp3) is 0.261. The molecule has 0 saturated heterocycles. The molecule has 0 unspecified atom stereocenters. The van der Waals surface area contributed by atoms with Gasteiger partial charge in [0.25, 0.3) is 0 Å². The Labute approximate surface area is 170 Å². The average Bonchev–Trinajstić information content (AvgIpc) is 3.15. The van der Waals surface area contributed by atoms with Crippen LogP contribution in [0.1, 0.15) is 24.2 Å². The summed E-state index contributed by atoms with van der Waals surface area (Å²) >= 11 is 0. The highest BCUT2D eigenvalue weighted by Crippen LogP contribution is 2.30. The summed E-state index contributed by atoms with van der Waals surface area (Å²) in [6.45, 7) is 8.09. The molecular formula is C23H25N5O. The zero-order valence-corrected chi connectivity index (χ0v) is 16.8. The van der Waals surface area contributed by atoms with Crippen LogP contribution in [0.3, 0.4) is 0 Å². The molecule has 6 heteroatoms. The Morgan fingerprint density at radius 3 is 2.48 bits per heavy atom. The number of likely N-dealkylation sites (N-methyl/N-ethyl adjacent to an activating group) is 1. The van der Waals surface area contributed by atoms with E-state index in [9.17, 15) is 4.79 Å². The van der Waals surface area contributed by atoms with Crippen molar-refractivity contribution in [2.24, 2.45) is 0 Å². The molecule has 4 aromatic rings. The predicted molar refractivity (Wildman–Crippen MR) is 118 cm³/mol. The van der Waals surface area contributed by atoms with Crippen LogP contribution in [0.25, 0.3) is 33.3 Å². The fourth-order valence-electron chi connectivity index (χ4n) is 3.66. The number of rotatable bonds is 8. The number of para-hydroxylation sites is 2. The van der Waals surface area contributed by atoms with Gasteiger partial charge in [0, 0.05) is 29.4 Å². The molecule has 29 heavy (non-hydrogen) atoms. The van der Waals surface area contributed by atoms with E-state index in [1.54, 1.807) is 0 Å². The second-order valence-electron chi connectivity index (χ2n) is 6.94. The minimum atomic E-state index is 0.521. The molecule has 0 spiro atoms. The number of carbonyl (C=O) groups excluding carboxylic acids is 1. The summed E-state index contributed by atoms with van der Waals surface area (Å²) < 4.78 is 0. The molecule has 0 aliphatic heterocycles. The summed E-state index contributed by atoms with van der Waals surface area (Å²) in [5.41, 5.74) is 2.99. The van der Waals surface area contributed by atoms with Crippen LogP contribution in [0.5, 0.6) is 0 Å². The van der Waals surface area contributed by atoms with Crippen LogP contribution in [0.4, 0.5) is 5.82 Å². The summed E-state index contributed by atoms with van der Waals surface area (Å²) in [5, 5.41) is 5.32. The highest BCUT2D eigenvalue weighted by Gasteiger charge is 2.17. The topological polar surface area (TPSA) is 73.9 Å². The number of nitrogens with one attached hydrogen (secondary N) is 2. The fourth-order valence-corrected chi connectivity index (χ4v) is 3.66. The van der Waals surface area contributed by atoms with Crippen molar-refractivity contribution >= 4 is 33.9 Å². The number of anilines is 1. The largest absolute Gasteiger partial charge is 0.368 e. The number of aromatic nitrogens is 3. The second kappa shape index (κ2) is 8.41. The van der Waals surface area contributed by atoms with E-state index in [1.807, 2.05) is 48.5 Å². The van der Waals surface area contributed by atoms with Gasteiger partial charge in [0.05, 0.1) is 16.8 Å². The maximum atomic E-state index is 11.8. The molecule has 148 valence electrons. The first-order valence-electron chi connectivity index (χ1n) is 10.0. The molecule has 0 fully saturated rings. The van der Waals surface area contributed by atoms with Crippen LogP contribution in [-0.4, -0.2) is 52.3 Å². The second-order valence-corrected chi connectivity index (χ2v) is 6.94. The third-order valence-electron chi connectivity index (χ3n) is 5.31. The minimum Gasteiger partial charge on any atom is -0.368 e. The van der Waals surface area contributed by atoms with Crippen molar-refractivity contribution < 1.29 is 4.79 Å². The number of nitrogens with zero attached hydrogens (tertiary/aromatic N) is 3. The van der Waals surface area contributed by atoms with E-state index >= 15 is 0 Å². The van der Waals surface area contributed by atoms with E-state index in [4.69, 9.17) is 9.97 Å². The van der Waals surface area contributed by atoms with Gasteiger partial charge in [-0.1, -0.05) is 44.2 Å². The first-order chi connectivity index (χ1) is 14.2. The lowest BCUT2D eigenvalue weighted by Gasteiger charge is -2.18. The Morgan fingerprint density at radius 1 is 1.00 bits per heavy atom. The molecule has 0 amide bonds. The van der Waals surface area contributed by atoms with Crippen molar-refractivity contribution in [2.45, 2.75) is 13.8 Å². The molecular weight excluding hydrogens is 362 g/mol. The smallest absolute Gasteiger partial charge is 0.179 e. The zero-order valence-electron chi connectivity index (χ0n) is 16.8. The van der Waals surface area contributed by atoms with Gasteiger partial charge >= 0.3 is 0 Å². The van der Waals surface area contributed by atoms with Crippen molar-refractivity contribution in [1.29, 1.82) is 0 Å². The summed E-state index contributed by atoms with van der Waals surface area (Å²) in [5.74, 6) is 1.31. The van der Waals surface area contributed by atoms with Crippen LogP contribution in [0.2, 0.25) is 0 Å². The molecule has 0 atom stereocenters. The molecule has 6 nitrogen and oxygen atoms in total. The first-order valence-corrected chi connectivity index (χ1v) is 10.0. The highest BCUT2D eigenvalue weighted by atomic mass is 16.1. The first kappa shape index (κ1) is 19.1. The van der Waals surface area contributed by atoms with Crippen LogP contribution in [-0.2, 0) is 0 Å². The summed E-state index contributed by atoms with van der Waals surface area (Å²) in [6, 6.07) is 15.7. The van der Waals surface area contributed by atoms with Crippen molar-refractivity contribution in [3.05, 3.63) is 54.1 Å². The quantitative estimate of drug-likeness (QED) is 0.440. The van der Waals surface area contributed by atoms with E-state index in [0.717, 1.165) is 60.1 Å². The number of H-pyrrole nitrogens is 1. The molecule has 2 aromatic carbocycles. The number of fused-ring (bicyclic) bond motifs is 2. The van der Waals surface area contributed by atoms with E-state index in [-0.39, 0.29) is 0 Å². The lowest BCUT2D eigenvalue weighted by molar-refractivity contribution is 0.112. The van der Waals surface area contributed by atoms with Gasteiger partial charge in [0.1, 0.15) is 5.82 Å². The van der Waals surface area contributed by atoms with Crippen molar-refractivity contribution in [2.75, 3.05) is 31.5 Å². The monoisotopic (exact) mass is 387 g/mol. The van der Waals surface area contributed by atoms with Crippen molar-refractivity contribution in [1.82, 2.24) is 19.9 Å². The van der Waals surface area contributed by atoms with Gasteiger partial charge in [0.15, 0.2) is 12.1 Å². The Morgan fingerprint density at radius 2 is 1.72 bits per heavy atom. The number of aldehydes is 1. The normalized spacial score (nSPS) is 11.4. The third kappa shape index (κ3) is 3.71. The van der Waals surface area contributed by atoms with E-state index in [1.165, 1.54) is 0 Å². The van der Waals surface area contributed by atoms with Crippen LogP contribution in [0.15, 0.2) is 48.5 Å². The van der Waals surface area contributed by atoms with E-state index in [2.05, 4.69) is 29.0 Å². The molecule has 0 bridgehead atoms. The number of carbonyl (C=O) groups is 1. The Kier molecular flexibility index (Phi) is 5.53. The molecule has 0 saturated carbocycles. The number of hydrogen-bond donors (Lipinski definition) is 2. The molecule has 2 N–H and O–H groups in total. The van der Waals surface area contributed by atoms with E-state index in [0.29, 0.717) is 17.1 Å². The number of aromatic amines is 1. The molecule has 0 aliphatic rings. The maximum Gasteiger partial charge on any atom is 0.179 e. The third-order valence-corrected chi connectivity index (χ3v) is 5.31. The maximum absolute atomic E-state index is 11.8. The van der Waals surface area contributed by atoms with Gasteiger partial charge in [-0.15, -0.1) is 0 Å². The summed E-state index contributed by atoms with van der Waals surface area (Å²) in [4.78, 5) is 27.1. The molecule has 4 rings (SSSR count). The van der Waals surface area contributed by atoms with Crippen molar-refractivity contribution in [3.8, 4) is 11.5 Å². The molecule has 2 heterocycles. The van der Waals surface area contributed by atoms with Crippen molar-refractivity contribution in [3.63, 3.8) is 0 Å². The number of benzene rings is 2. The van der Waals surface area contributed by atoms with Crippen LogP contribution < -0.4 is 5.32 Å². The standard InChI is InChI=1S/C23H25N5O/c1-3-28(4-2)14-13-24-22-17-10-6-8-12-20(17)26-23(27-22)21-18(15-29)16-9-5-7-11-19(16)25-21/h5-12,15,25H,3-4,13-14H2,1-2H3,(H,24,26,27). The lowest BCUT2D eigenvalue weighted by Crippen LogP contribution is -2.28. The van der Waals surface area contributed by atoms with Crippen LogP contribution >= 0.6 is 0 Å². The van der Waals surface area contributed by atoms with Crippen LogP contribution in [0, 0.1) is 0 Å². The predicted octanol–water partition coefficient (Wildman–Crippen LogP) is 4.34. The Hall–Kier alpha value is -3.25. The SMILES string of the molecule is CCN(CC)CCNc1nc(-c2[nH]c3ccccc3c2C=O)nc2ccccc12. The molecule has 2 aromatic heterocycles. The van der Waals surface area contributed by atoms with E-state index < -0.39 is 0 Å². The highest BCUT2D eigenvalue weighted by molar-refractivity contribution is 6.04. The Balaban J connectivity index is 1.77. The van der Waals surface area contributed by atoms with Gasteiger partial charge in [-0.25, -0.2) is 9.97 Å². The Bertz CT molecular complexity index is 1150.